The van der Waals surface area contributed by atoms with E-state index in [9.17, 15) is 9.90 Å². The van der Waals surface area contributed by atoms with Gasteiger partial charge in [-0.15, -0.1) is 0 Å². The van der Waals surface area contributed by atoms with Gasteiger partial charge in [-0.2, -0.15) is 10.2 Å². The molecule has 0 amide bonds. The fourth-order valence-electron chi connectivity index (χ4n) is 8.83. The number of hydroxylamine groups is 1. The number of aromatic nitrogens is 4. The number of nitrogens with one attached hydrogen (secondary N) is 1. The predicted octanol–water partition coefficient (Wildman–Crippen LogP) is 5.15. The number of allylic oxidation sites excluding steroid dienone is 4. The van der Waals surface area contributed by atoms with Gasteiger partial charge in [-0.1, -0.05) is 55.0 Å². The Morgan fingerprint density at radius 1 is 0.938 bits per heavy atom. The summed E-state index contributed by atoms with van der Waals surface area (Å²) in [4.78, 5) is 19.6. The number of aliphatic hydroxyl groups excluding tert-OH is 3. The molecule has 48 heavy (non-hydrogen) atoms. The molecule has 4 aliphatic rings. The predicted molar refractivity (Wildman–Crippen MR) is 183 cm³/mol. The van der Waals surface area contributed by atoms with Gasteiger partial charge in [-0.25, -0.2) is 15.2 Å². The second-order valence-corrected chi connectivity index (χ2v) is 14.6. The molecular formula is C36H53N7O5. The Kier molecular flexibility index (Phi) is 11.1. The quantitative estimate of drug-likeness (QED) is 0.222. The summed E-state index contributed by atoms with van der Waals surface area (Å²) in [7, 11) is 2.68. The molecule has 12 nitrogen and oxygen atoms in total. The molecule has 0 spiro atoms. The van der Waals surface area contributed by atoms with Crippen LogP contribution in [0.1, 0.15) is 92.1 Å². The number of rotatable bonds is 4. The molecule has 2 aromatic rings. The number of aliphatic hydroxyl groups is 3. The van der Waals surface area contributed by atoms with Crippen LogP contribution >= 0.6 is 0 Å². The van der Waals surface area contributed by atoms with Crippen LogP contribution in [0.25, 0.3) is 9.69 Å². The summed E-state index contributed by atoms with van der Waals surface area (Å²) in [5, 5.41) is 45.4. The van der Waals surface area contributed by atoms with E-state index in [1.54, 1.807) is 14.8 Å². The highest BCUT2D eigenvalue weighted by molar-refractivity contribution is 6.02. The van der Waals surface area contributed by atoms with Crippen molar-refractivity contribution in [3.63, 3.8) is 0 Å². The zero-order valence-corrected chi connectivity index (χ0v) is 29.6. The maximum Gasteiger partial charge on any atom is 0.226 e. The van der Waals surface area contributed by atoms with Crippen LogP contribution in [0, 0.1) is 35.8 Å². The second-order valence-electron chi connectivity index (χ2n) is 14.6. The van der Waals surface area contributed by atoms with E-state index in [1.807, 2.05) is 46.2 Å². The smallest absolute Gasteiger partial charge is 0.226 e. The number of carbonyl (C=O) groups is 1. The minimum atomic E-state index is -0.554. The molecule has 0 saturated heterocycles. The first-order chi connectivity index (χ1) is 23.1. The maximum absolute atomic E-state index is 12.6. The Morgan fingerprint density at radius 2 is 1.44 bits per heavy atom. The van der Waals surface area contributed by atoms with Gasteiger partial charge in [-0.3, -0.25) is 9.36 Å². The van der Waals surface area contributed by atoms with E-state index < -0.39 is 16.2 Å². The van der Waals surface area contributed by atoms with E-state index in [0.29, 0.717) is 25.2 Å². The topological polar surface area (TPSA) is 154 Å². The molecule has 4 aliphatic carbocycles. The molecule has 2 aromatic heterocycles. The lowest BCUT2D eigenvalue weighted by molar-refractivity contribution is -0.128. The zero-order chi connectivity index (χ0) is 36.9. The Morgan fingerprint density at radius 3 is 1.94 bits per heavy atom. The van der Waals surface area contributed by atoms with Crippen LogP contribution < -0.4 is 5.48 Å². The van der Waals surface area contributed by atoms with Crippen LogP contribution in [0.15, 0.2) is 35.6 Å². The van der Waals surface area contributed by atoms with Crippen LogP contribution in [-0.2, 0) is 41.6 Å². The number of fused-ring (bicyclic) bond motifs is 6. The first-order valence-corrected chi connectivity index (χ1v) is 16.2. The third-order valence-corrected chi connectivity index (χ3v) is 11.0. The zero-order valence-electron chi connectivity index (χ0n) is 30.6. The first-order valence-electron chi connectivity index (χ1n) is 17.2. The van der Waals surface area contributed by atoms with Crippen molar-refractivity contribution in [2.45, 2.75) is 105 Å². The average Bonchev–Trinajstić information content (AvgIpc) is 3.68. The van der Waals surface area contributed by atoms with E-state index in [4.69, 9.17) is 35.0 Å². The number of Topliss-reactive ketones (excluding diaryl/α,β-unsaturated/α-hetero) is 1. The van der Waals surface area contributed by atoms with E-state index >= 15 is 0 Å². The van der Waals surface area contributed by atoms with Crippen LogP contribution in [0.5, 0.6) is 0 Å². The molecule has 0 aromatic carbocycles. The first kappa shape index (κ1) is 37.0. The highest BCUT2D eigenvalue weighted by Gasteiger charge is 2.56. The van der Waals surface area contributed by atoms with E-state index in [0.717, 1.165) is 42.6 Å². The molecule has 6 rings (SSSR count). The molecule has 2 heterocycles. The van der Waals surface area contributed by atoms with Crippen molar-refractivity contribution in [1.82, 2.24) is 25.0 Å². The van der Waals surface area contributed by atoms with Crippen molar-refractivity contribution in [3.05, 3.63) is 81.0 Å². The average molecular weight is 666 g/mol. The summed E-state index contributed by atoms with van der Waals surface area (Å²) < 4.78 is 9.33. The summed E-state index contributed by atoms with van der Waals surface area (Å²) in [6, 6.07) is 0. The minimum absolute atomic E-state index is 0.0494. The lowest BCUT2D eigenvalue weighted by atomic mass is 9.53. The number of hydrogen-bond acceptors (Lipinski definition) is 8. The van der Waals surface area contributed by atoms with Crippen molar-refractivity contribution in [2.24, 2.45) is 22.7 Å². The molecule has 0 unspecified atom stereocenters. The van der Waals surface area contributed by atoms with E-state index in [1.165, 1.54) is 20.0 Å². The van der Waals surface area contributed by atoms with Gasteiger partial charge >= 0.3 is 0 Å². The Labute approximate surface area is 286 Å². The van der Waals surface area contributed by atoms with Crippen molar-refractivity contribution in [3.8, 4) is 0 Å². The maximum atomic E-state index is 12.6. The molecule has 12 heteroatoms. The number of aryl methyl sites for hydroxylation is 2. The molecule has 0 bridgehead atoms. The fraction of sp³-hybridized carbons (Fsp3) is 0.639. The standard InChI is InChI=1S/C17H23N3O2.C17H21N3O2.CH5NO.CH4/c2*1-16(2)13-6-5-11-10-20(7-8-21)19-14(11)17(13,3)9-12(18-4)15(16)22;1-2-3;/h10,13,21-22H,5-9H2,1-3H3;9-10,13,21H,5-8H2,1-3H3;2-3H,1H3;1H4/t2*13-,17-;;/m00../s1/i;;;1T. The van der Waals surface area contributed by atoms with Gasteiger partial charge in [0.25, 0.3) is 0 Å². The molecule has 0 fully saturated rings. The SMILES string of the molecule is CNO.[3H]C.[C-]#[N+]C1=C(O)C(C)(C)[C@@H]2CCc3cn(CCO)nc3[C@@]2(C)C1.[C-]#[N+]C1=C[C@]2(C)c3nn(CCO)cc3CC[C@H]2C(C)(C)C1=O. The van der Waals surface area contributed by atoms with Crippen molar-refractivity contribution in [2.75, 3.05) is 20.3 Å². The van der Waals surface area contributed by atoms with Crippen LogP contribution in [-0.4, -0.2) is 66.1 Å². The highest BCUT2D eigenvalue weighted by Crippen LogP contribution is 2.58. The second kappa shape index (κ2) is 14.4. The van der Waals surface area contributed by atoms with Crippen molar-refractivity contribution in [1.29, 1.82) is 0 Å². The van der Waals surface area contributed by atoms with Crippen LogP contribution in [0.4, 0.5) is 0 Å². The molecule has 4 atom stereocenters. The third kappa shape index (κ3) is 6.35. The Hall–Kier alpha value is -3.81. The molecule has 5 N–H and O–H groups in total. The molecular weight excluding hydrogens is 610 g/mol. The molecule has 0 aliphatic heterocycles. The summed E-state index contributed by atoms with van der Waals surface area (Å²) >= 11 is 0. The number of hydrogen-bond donors (Lipinski definition) is 5. The summed E-state index contributed by atoms with van der Waals surface area (Å²) in [6.07, 6.45) is 10.1. The van der Waals surface area contributed by atoms with Gasteiger partial charge in [0.1, 0.15) is 5.76 Å². The summed E-state index contributed by atoms with van der Waals surface area (Å²) in [5.41, 5.74) is 5.23. The van der Waals surface area contributed by atoms with Gasteiger partial charge in [0, 0.05) is 42.5 Å². The molecule has 262 valence electrons. The lowest BCUT2D eigenvalue weighted by Crippen LogP contribution is -2.50. The highest BCUT2D eigenvalue weighted by atomic mass is 16.5. The van der Waals surface area contributed by atoms with E-state index in [2.05, 4.69) is 28.6 Å². The van der Waals surface area contributed by atoms with Crippen LogP contribution in [0.2, 0.25) is 0 Å². The van der Waals surface area contributed by atoms with Crippen molar-refractivity contribution >= 4 is 5.78 Å². The number of ketones is 1. The number of nitrogens with zero attached hydrogens (tertiary/aromatic N) is 6. The Balaban J connectivity index is 0.000000235. The van der Waals surface area contributed by atoms with Gasteiger partial charge in [0.2, 0.25) is 11.4 Å². The summed E-state index contributed by atoms with van der Waals surface area (Å²) in [5.74, 6) is 0.602. The minimum Gasteiger partial charge on any atom is -0.523 e. The largest absolute Gasteiger partial charge is 0.523 e. The van der Waals surface area contributed by atoms with Gasteiger partial charge in [-0.05, 0) is 55.1 Å². The normalized spacial score (nSPS) is 27.6. The van der Waals surface area contributed by atoms with Gasteiger partial charge in [0.05, 0.1) is 50.8 Å². The van der Waals surface area contributed by atoms with Gasteiger partial charge in [0.15, 0.2) is 5.78 Å². The Bertz CT molecular complexity index is 1660. The lowest BCUT2D eigenvalue weighted by Gasteiger charge is -2.51. The van der Waals surface area contributed by atoms with Gasteiger partial charge < -0.3 is 25.3 Å². The van der Waals surface area contributed by atoms with Crippen LogP contribution in [0.3, 0.4) is 0 Å². The van der Waals surface area contributed by atoms with E-state index in [-0.39, 0.29) is 47.7 Å². The fourth-order valence-corrected chi connectivity index (χ4v) is 8.83. The number of carbonyl (C=O) groups excluding carboxylic acids is 1. The van der Waals surface area contributed by atoms with Crippen molar-refractivity contribution < 1.29 is 26.7 Å². The summed E-state index contributed by atoms with van der Waals surface area (Å²) in [6.45, 7) is 28.0. The third-order valence-electron chi connectivity index (χ3n) is 11.0. The molecule has 0 saturated carbocycles. The molecule has 0 radical (unpaired) electrons. The monoisotopic (exact) mass is 665 g/mol.